The van der Waals surface area contributed by atoms with E-state index in [1.54, 1.807) is 37.0 Å². The highest BCUT2D eigenvalue weighted by atomic mass is 35.5. The van der Waals surface area contributed by atoms with Gasteiger partial charge in [-0.05, 0) is 38.1 Å². The second kappa shape index (κ2) is 10.5. The van der Waals surface area contributed by atoms with Crippen LogP contribution in [0, 0.1) is 13.8 Å². The number of hydrogen-bond acceptors (Lipinski definition) is 6. The summed E-state index contributed by atoms with van der Waals surface area (Å²) in [5.74, 6) is 0.153. The first-order valence-electron chi connectivity index (χ1n) is 9.88. The lowest BCUT2D eigenvalue weighted by Gasteiger charge is -2.13. The number of ether oxygens (including phenoxy) is 2. The van der Waals surface area contributed by atoms with E-state index in [4.69, 9.17) is 21.1 Å². The summed E-state index contributed by atoms with van der Waals surface area (Å²) in [6.07, 6.45) is 0. The zero-order valence-corrected chi connectivity index (χ0v) is 19.7. The summed E-state index contributed by atoms with van der Waals surface area (Å²) < 4.78 is 13.9. The molecule has 0 aliphatic rings. The van der Waals surface area contributed by atoms with Crippen molar-refractivity contribution in [3.8, 4) is 0 Å². The second-order valence-corrected chi connectivity index (χ2v) is 8.53. The molecule has 0 saturated carbocycles. The Morgan fingerprint density at radius 2 is 1.77 bits per heavy atom. The number of carbonyl (C=O) groups excluding carboxylic acids is 1. The molecule has 3 rings (SSSR count). The Morgan fingerprint density at radius 1 is 1.10 bits per heavy atom. The molecule has 0 unspecified atom stereocenters. The largest absolute Gasteiger partial charge is 0.383 e. The van der Waals surface area contributed by atoms with Crippen LogP contribution in [0.3, 0.4) is 0 Å². The Balaban J connectivity index is 1.89. The van der Waals surface area contributed by atoms with Crippen LogP contribution in [-0.2, 0) is 22.6 Å². The normalized spacial score (nSPS) is 11.4. The van der Waals surface area contributed by atoms with Gasteiger partial charge in [0.2, 0.25) is 0 Å². The number of methoxy groups -OCH3 is 2. The fourth-order valence-electron chi connectivity index (χ4n) is 3.48. The van der Waals surface area contributed by atoms with Crippen molar-refractivity contribution in [1.82, 2.24) is 14.1 Å². The standard InChI is InChI=1S/C22H26ClN3O4S/c1-14-11-18(15(2)25(14)7-9-29-3)20(27)13-31-22-24-19-12-16(23)5-6-17(19)21(28)26(22)8-10-30-4/h5-6,11-12H,7-10,13H2,1-4H3. The van der Waals surface area contributed by atoms with Crippen molar-refractivity contribution in [3.05, 3.63) is 56.6 Å². The first-order chi connectivity index (χ1) is 14.9. The number of aryl methyl sites for hydroxylation is 1. The third-order valence-electron chi connectivity index (χ3n) is 5.13. The SMILES string of the molecule is COCCn1c(C)cc(C(=O)CSc2nc3cc(Cl)ccc3c(=O)n2CCOC)c1C. The van der Waals surface area contributed by atoms with E-state index in [0.29, 0.717) is 52.9 Å². The molecule has 0 atom stereocenters. The van der Waals surface area contributed by atoms with E-state index in [1.807, 2.05) is 19.9 Å². The number of Topliss-reactive ketones (excluding diaryl/α,β-unsaturated/α-hetero) is 1. The minimum absolute atomic E-state index is 0.0134. The van der Waals surface area contributed by atoms with Gasteiger partial charge < -0.3 is 14.0 Å². The molecule has 0 radical (unpaired) electrons. The van der Waals surface area contributed by atoms with Crippen LogP contribution < -0.4 is 5.56 Å². The molecule has 3 aromatic rings. The van der Waals surface area contributed by atoms with E-state index < -0.39 is 0 Å². The van der Waals surface area contributed by atoms with Crippen molar-refractivity contribution in [1.29, 1.82) is 0 Å². The number of nitrogens with zero attached hydrogens (tertiary/aromatic N) is 3. The smallest absolute Gasteiger partial charge is 0.262 e. The van der Waals surface area contributed by atoms with Crippen molar-refractivity contribution in [2.45, 2.75) is 32.1 Å². The molecule has 9 heteroatoms. The van der Waals surface area contributed by atoms with Gasteiger partial charge in [0.15, 0.2) is 10.9 Å². The molecule has 0 N–H and O–H groups in total. The Kier molecular flexibility index (Phi) is 7.94. The molecule has 2 aromatic heterocycles. The predicted octanol–water partition coefficient (Wildman–Crippen LogP) is 3.74. The van der Waals surface area contributed by atoms with Crippen LogP contribution >= 0.6 is 23.4 Å². The lowest BCUT2D eigenvalue weighted by Crippen LogP contribution is -2.25. The van der Waals surface area contributed by atoms with Crippen molar-refractivity contribution in [2.24, 2.45) is 0 Å². The maximum atomic E-state index is 13.0. The van der Waals surface area contributed by atoms with Gasteiger partial charge in [0, 0.05) is 42.7 Å². The van der Waals surface area contributed by atoms with Crippen LogP contribution in [0.4, 0.5) is 0 Å². The van der Waals surface area contributed by atoms with Gasteiger partial charge in [-0.1, -0.05) is 23.4 Å². The first kappa shape index (κ1) is 23.5. The van der Waals surface area contributed by atoms with E-state index in [0.717, 1.165) is 11.4 Å². The zero-order valence-electron chi connectivity index (χ0n) is 18.1. The lowest BCUT2D eigenvalue weighted by atomic mass is 10.2. The third-order valence-corrected chi connectivity index (χ3v) is 6.34. The number of aromatic nitrogens is 3. The average molecular weight is 464 g/mol. The highest BCUT2D eigenvalue weighted by Gasteiger charge is 2.18. The molecule has 2 heterocycles. The van der Waals surface area contributed by atoms with E-state index in [9.17, 15) is 9.59 Å². The summed E-state index contributed by atoms with van der Waals surface area (Å²) in [5, 5.41) is 1.46. The van der Waals surface area contributed by atoms with Gasteiger partial charge in [0.05, 0.1) is 36.4 Å². The minimum atomic E-state index is -0.175. The van der Waals surface area contributed by atoms with Crippen molar-refractivity contribution in [2.75, 3.05) is 33.2 Å². The number of halogens is 1. The Hall–Kier alpha value is -2.13. The maximum Gasteiger partial charge on any atom is 0.262 e. The molecule has 166 valence electrons. The van der Waals surface area contributed by atoms with Gasteiger partial charge in [0.25, 0.3) is 5.56 Å². The molecule has 7 nitrogen and oxygen atoms in total. The summed E-state index contributed by atoms with van der Waals surface area (Å²) in [4.78, 5) is 30.6. The van der Waals surface area contributed by atoms with Crippen LogP contribution in [0.5, 0.6) is 0 Å². The summed E-state index contributed by atoms with van der Waals surface area (Å²) in [6, 6.07) is 6.90. The number of carbonyl (C=O) groups is 1. The zero-order chi connectivity index (χ0) is 22.5. The third kappa shape index (κ3) is 5.20. The Bertz CT molecular complexity index is 1160. The topological polar surface area (TPSA) is 75.4 Å². The molecule has 0 saturated heterocycles. The van der Waals surface area contributed by atoms with Gasteiger partial charge in [-0.15, -0.1) is 0 Å². The molecule has 0 fully saturated rings. The molecule has 0 aliphatic carbocycles. The van der Waals surface area contributed by atoms with Gasteiger partial charge in [-0.3, -0.25) is 14.2 Å². The van der Waals surface area contributed by atoms with Crippen molar-refractivity contribution in [3.63, 3.8) is 0 Å². The molecule has 0 bridgehead atoms. The maximum absolute atomic E-state index is 13.0. The summed E-state index contributed by atoms with van der Waals surface area (Å²) >= 11 is 7.33. The highest BCUT2D eigenvalue weighted by Crippen LogP contribution is 2.23. The van der Waals surface area contributed by atoms with Gasteiger partial charge in [-0.25, -0.2) is 4.98 Å². The highest BCUT2D eigenvalue weighted by molar-refractivity contribution is 7.99. The van der Waals surface area contributed by atoms with Gasteiger partial charge in [-0.2, -0.15) is 0 Å². The quantitative estimate of drug-likeness (QED) is 0.259. The van der Waals surface area contributed by atoms with E-state index in [1.165, 1.54) is 11.8 Å². The van der Waals surface area contributed by atoms with Crippen LogP contribution in [-0.4, -0.2) is 53.1 Å². The number of benzene rings is 1. The van der Waals surface area contributed by atoms with E-state index >= 15 is 0 Å². The molecular formula is C22H26ClN3O4S. The predicted molar refractivity (Wildman–Crippen MR) is 124 cm³/mol. The Morgan fingerprint density at radius 3 is 2.45 bits per heavy atom. The monoisotopic (exact) mass is 463 g/mol. The van der Waals surface area contributed by atoms with Gasteiger partial charge >= 0.3 is 0 Å². The van der Waals surface area contributed by atoms with Crippen molar-refractivity contribution < 1.29 is 14.3 Å². The first-order valence-corrected chi connectivity index (χ1v) is 11.2. The van der Waals surface area contributed by atoms with Crippen LogP contribution in [0.15, 0.2) is 34.2 Å². The number of rotatable bonds is 10. The number of thioether (sulfide) groups is 1. The molecule has 0 amide bonds. The Labute approximate surface area is 190 Å². The molecular weight excluding hydrogens is 438 g/mol. The summed E-state index contributed by atoms with van der Waals surface area (Å²) in [6.45, 7) is 5.90. The number of ketones is 1. The number of hydrogen-bond donors (Lipinski definition) is 0. The van der Waals surface area contributed by atoms with Crippen LogP contribution in [0.25, 0.3) is 10.9 Å². The second-order valence-electron chi connectivity index (χ2n) is 7.15. The van der Waals surface area contributed by atoms with Crippen LogP contribution in [0.1, 0.15) is 21.7 Å². The molecule has 31 heavy (non-hydrogen) atoms. The number of fused-ring (bicyclic) bond motifs is 1. The lowest BCUT2D eigenvalue weighted by molar-refractivity contribution is 0.102. The molecule has 0 aliphatic heterocycles. The van der Waals surface area contributed by atoms with Gasteiger partial charge in [0.1, 0.15) is 0 Å². The molecule has 1 aromatic carbocycles. The van der Waals surface area contributed by atoms with Crippen molar-refractivity contribution >= 4 is 40.0 Å². The summed E-state index contributed by atoms with van der Waals surface area (Å²) in [7, 11) is 3.23. The molecule has 0 spiro atoms. The van der Waals surface area contributed by atoms with E-state index in [2.05, 4.69) is 9.55 Å². The van der Waals surface area contributed by atoms with E-state index in [-0.39, 0.29) is 17.1 Å². The fourth-order valence-corrected chi connectivity index (χ4v) is 4.56. The summed E-state index contributed by atoms with van der Waals surface area (Å²) in [5.41, 5.74) is 2.94. The fraction of sp³-hybridized carbons (Fsp3) is 0.409. The average Bonchev–Trinajstić information content (AvgIpc) is 3.03. The van der Waals surface area contributed by atoms with Crippen LogP contribution in [0.2, 0.25) is 5.02 Å². The minimum Gasteiger partial charge on any atom is -0.383 e.